The molecule has 0 aliphatic carbocycles. The Morgan fingerprint density at radius 2 is 2.10 bits per heavy atom. The number of aromatic nitrogens is 3. The molecule has 0 bridgehead atoms. The van der Waals surface area contributed by atoms with E-state index in [-0.39, 0.29) is 5.69 Å². The molecule has 0 radical (unpaired) electrons. The number of aliphatic carboxylic acids is 1. The fourth-order valence-corrected chi connectivity index (χ4v) is 1.93. The zero-order valence-corrected chi connectivity index (χ0v) is 11.3. The Morgan fingerprint density at radius 3 is 2.62 bits per heavy atom. The first kappa shape index (κ1) is 14.6. The number of nitrogens with zero attached hydrogens (tertiary/aromatic N) is 4. The molecule has 2 aromatic rings. The zero-order valence-electron chi connectivity index (χ0n) is 11.3. The van der Waals surface area contributed by atoms with Gasteiger partial charge in [-0.2, -0.15) is 5.10 Å². The molecule has 0 amide bonds. The van der Waals surface area contributed by atoms with E-state index in [2.05, 4.69) is 10.1 Å². The van der Waals surface area contributed by atoms with E-state index in [1.165, 1.54) is 35.3 Å². The largest absolute Gasteiger partial charge is 0.480 e. The van der Waals surface area contributed by atoms with Gasteiger partial charge < -0.3 is 5.11 Å². The lowest BCUT2D eigenvalue weighted by atomic mass is 10.2. The maximum absolute atomic E-state index is 11.2. The van der Waals surface area contributed by atoms with Gasteiger partial charge in [0.2, 0.25) is 0 Å². The third-order valence-corrected chi connectivity index (χ3v) is 3.01. The highest BCUT2D eigenvalue weighted by atomic mass is 16.6. The molecule has 0 spiro atoms. The number of rotatable bonds is 6. The maximum atomic E-state index is 11.2. The van der Waals surface area contributed by atoms with Crippen molar-refractivity contribution in [1.82, 2.24) is 14.8 Å². The molecule has 21 heavy (non-hydrogen) atoms. The minimum atomic E-state index is -0.961. The molecule has 0 fully saturated rings. The predicted octanol–water partition coefficient (Wildman–Crippen LogP) is 2.28. The van der Waals surface area contributed by atoms with Gasteiger partial charge in [0.15, 0.2) is 11.9 Å². The second-order valence-electron chi connectivity index (χ2n) is 4.49. The first-order valence-corrected chi connectivity index (χ1v) is 6.41. The number of hydrogen-bond donors (Lipinski definition) is 1. The highest BCUT2D eigenvalue weighted by Gasteiger charge is 2.20. The van der Waals surface area contributed by atoms with Gasteiger partial charge in [-0.05, 0) is 18.6 Å². The van der Waals surface area contributed by atoms with Crippen molar-refractivity contribution in [3.8, 4) is 11.4 Å². The number of nitro groups is 1. The fourth-order valence-electron chi connectivity index (χ4n) is 1.93. The van der Waals surface area contributed by atoms with Crippen molar-refractivity contribution >= 4 is 11.7 Å². The van der Waals surface area contributed by atoms with Crippen LogP contribution in [-0.2, 0) is 4.79 Å². The Bertz CT molecular complexity index is 650. The highest BCUT2D eigenvalue weighted by molar-refractivity contribution is 5.71. The van der Waals surface area contributed by atoms with Crippen LogP contribution in [0, 0.1) is 10.1 Å². The fraction of sp³-hybridized carbons (Fsp3) is 0.308. The highest BCUT2D eigenvalue weighted by Crippen LogP contribution is 2.20. The summed E-state index contributed by atoms with van der Waals surface area (Å²) in [4.78, 5) is 25.4. The minimum absolute atomic E-state index is 0.0208. The van der Waals surface area contributed by atoms with Gasteiger partial charge in [0.25, 0.3) is 5.69 Å². The summed E-state index contributed by atoms with van der Waals surface area (Å²) in [5, 5.41) is 23.9. The first-order chi connectivity index (χ1) is 10.0. The summed E-state index contributed by atoms with van der Waals surface area (Å²) >= 11 is 0. The SMILES string of the molecule is CCCC(C(=O)O)n1cnc(-c2ccc([N+](=O)[O-])cc2)n1. The van der Waals surface area contributed by atoms with Crippen LogP contribution in [0.5, 0.6) is 0 Å². The van der Waals surface area contributed by atoms with Gasteiger partial charge in [0.1, 0.15) is 6.33 Å². The first-order valence-electron chi connectivity index (χ1n) is 6.41. The quantitative estimate of drug-likeness (QED) is 0.645. The van der Waals surface area contributed by atoms with Crippen molar-refractivity contribution in [1.29, 1.82) is 0 Å². The number of benzene rings is 1. The van der Waals surface area contributed by atoms with Crippen molar-refractivity contribution in [3.05, 3.63) is 40.7 Å². The average Bonchev–Trinajstić information content (AvgIpc) is 2.94. The van der Waals surface area contributed by atoms with E-state index in [0.717, 1.165) is 0 Å². The predicted molar refractivity (Wildman–Crippen MR) is 73.7 cm³/mol. The molecule has 1 aromatic carbocycles. The average molecular weight is 290 g/mol. The number of carboxylic acids is 1. The van der Waals surface area contributed by atoms with Gasteiger partial charge in [-0.1, -0.05) is 13.3 Å². The normalized spacial score (nSPS) is 12.0. The monoisotopic (exact) mass is 290 g/mol. The van der Waals surface area contributed by atoms with E-state index >= 15 is 0 Å². The minimum Gasteiger partial charge on any atom is -0.480 e. The topological polar surface area (TPSA) is 111 Å². The Hall–Kier alpha value is -2.77. The number of hydrogen-bond acceptors (Lipinski definition) is 5. The van der Waals surface area contributed by atoms with E-state index in [0.29, 0.717) is 24.2 Å². The summed E-state index contributed by atoms with van der Waals surface area (Å²) in [5.41, 5.74) is 0.576. The molecular weight excluding hydrogens is 276 g/mol. The van der Waals surface area contributed by atoms with Crippen LogP contribution >= 0.6 is 0 Å². The van der Waals surface area contributed by atoms with Crippen molar-refractivity contribution in [2.24, 2.45) is 0 Å². The second-order valence-corrected chi connectivity index (χ2v) is 4.49. The third kappa shape index (κ3) is 3.22. The standard InChI is InChI=1S/C13H14N4O4/c1-2-3-11(13(18)19)16-8-14-12(15-16)9-4-6-10(7-5-9)17(20)21/h4-8,11H,2-3H2,1H3,(H,18,19). The molecule has 1 aromatic heterocycles. The van der Waals surface area contributed by atoms with Crippen LogP contribution in [0.25, 0.3) is 11.4 Å². The molecule has 1 heterocycles. The lowest BCUT2D eigenvalue weighted by Gasteiger charge is -2.10. The molecule has 1 atom stereocenters. The molecule has 110 valence electrons. The number of carboxylic acid groups (broad SMARTS) is 1. The molecule has 0 aliphatic heterocycles. The van der Waals surface area contributed by atoms with Gasteiger partial charge in [-0.25, -0.2) is 14.5 Å². The van der Waals surface area contributed by atoms with Crippen molar-refractivity contribution in [2.45, 2.75) is 25.8 Å². The third-order valence-electron chi connectivity index (χ3n) is 3.01. The van der Waals surface area contributed by atoms with Crippen molar-refractivity contribution in [2.75, 3.05) is 0 Å². The molecule has 0 saturated heterocycles. The van der Waals surface area contributed by atoms with Crippen molar-refractivity contribution in [3.63, 3.8) is 0 Å². The van der Waals surface area contributed by atoms with Crippen LogP contribution in [0.4, 0.5) is 5.69 Å². The van der Waals surface area contributed by atoms with Gasteiger partial charge in [-0.15, -0.1) is 0 Å². The van der Waals surface area contributed by atoms with Gasteiger partial charge in [0.05, 0.1) is 4.92 Å². The Labute approximate surface area is 120 Å². The van der Waals surface area contributed by atoms with Gasteiger partial charge in [0, 0.05) is 17.7 Å². The van der Waals surface area contributed by atoms with Crippen LogP contribution < -0.4 is 0 Å². The molecule has 2 rings (SSSR count). The van der Waals surface area contributed by atoms with E-state index in [9.17, 15) is 20.0 Å². The summed E-state index contributed by atoms with van der Waals surface area (Å²) in [6.07, 6.45) is 2.53. The van der Waals surface area contributed by atoms with E-state index in [1.54, 1.807) is 0 Å². The molecular formula is C13H14N4O4. The van der Waals surface area contributed by atoms with Crippen LogP contribution in [0.1, 0.15) is 25.8 Å². The molecule has 0 aliphatic rings. The van der Waals surface area contributed by atoms with Crippen molar-refractivity contribution < 1.29 is 14.8 Å². The van der Waals surface area contributed by atoms with E-state index in [1.807, 2.05) is 6.92 Å². The molecule has 8 nitrogen and oxygen atoms in total. The number of carbonyl (C=O) groups is 1. The van der Waals surface area contributed by atoms with Crippen LogP contribution in [0.15, 0.2) is 30.6 Å². The Kier molecular flexibility index (Phi) is 4.27. The van der Waals surface area contributed by atoms with Gasteiger partial charge >= 0.3 is 5.97 Å². The summed E-state index contributed by atoms with van der Waals surface area (Å²) in [5.74, 6) is -0.621. The van der Waals surface area contributed by atoms with Crippen LogP contribution in [0.2, 0.25) is 0 Å². The molecule has 8 heteroatoms. The van der Waals surface area contributed by atoms with Gasteiger partial charge in [-0.3, -0.25) is 10.1 Å². The second kappa shape index (κ2) is 6.12. The lowest BCUT2D eigenvalue weighted by molar-refractivity contribution is -0.384. The number of non-ortho nitro benzene ring substituents is 1. The zero-order chi connectivity index (χ0) is 15.4. The maximum Gasteiger partial charge on any atom is 0.328 e. The summed E-state index contributed by atoms with van der Waals surface area (Å²) in [6.45, 7) is 1.89. The molecule has 1 unspecified atom stereocenters. The van der Waals surface area contributed by atoms with E-state index in [4.69, 9.17) is 0 Å². The van der Waals surface area contributed by atoms with Crippen LogP contribution in [0.3, 0.4) is 0 Å². The lowest BCUT2D eigenvalue weighted by Crippen LogP contribution is -2.19. The Balaban J connectivity index is 2.26. The smallest absolute Gasteiger partial charge is 0.328 e. The summed E-state index contributed by atoms with van der Waals surface area (Å²) in [7, 11) is 0. The Morgan fingerprint density at radius 1 is 1.43 bits per heavy atom. The molecule has 1 N–H and O–H groups in total. The van der Waals surface area contributed by atoms with E-state index < -0.39 is 16.9 Å². The van der Waals surface area contributed by atoms with Crippen LogP contribution in [-0.4, -0.2) is 30.8 Å². The summed E-state index contributed by atoms with van der Waals surface area (Å²) in [6, 6.07) is 5.03. The molecule has 0 saturated carbocycles. The number of nitro benzene ring substituents is 1. The summed E-state index contributed by atoms with van der Waals surface area (Å²) < 4.78 is 1.31.